The number of piperidine rings is 1. The number of hydrogen-bond acceptors (Lipinski definition) is 3. The number of anilines is 1. The molecule has 2 N–H and O–H groups in total. The number of rotatable bonds is 4. The third-order valence-corrected chi connectivity index (χ3v) is 3.85. The van der Waals surface area contributed by atoms with Crippen molar-refractivity contribution in [1.29, 1.82) is 0 Å². The van der Waals surface area contributed by atoms with E-state index >= 15 is 0 Å². The highest BCUT2D eigenvalue weighted by Crippen LogP contribution is 2.20. The zero-order chi connectivity index (χ0) is 16.8. The molecule has 1 aliphatic rings. The van der Waals surface area contributed by atoms with Gasteiger partial charge in [0.15, 0.2) is 0 Å². The lowest BCUT2D eigenvalue weighted by Gasteiger charge is -2.32. The summed E-state index contributed by atoms with van der Waals surface area (Å²) in [5.41, 5.74) is 0.736. The molecule has 1 saturated heterocycles. The van der Waals surface area contributed by atoms with Gasteiger partial charge in [-0.2, -0.15) is 0 Å². The summed E-state index contributed by atoms with van der Waals surface area (Å²) in [7, 11) is 1.60. The lowest BCUT2D eigenvalue weighted by atomic mass is 9.97. The van der Waals surface area contributed by atoms with E-state index < -0.39 is 0 Å². The number of methoxy groups -OCH3 is 1. The second-order valence-corrected chi connectivity index (χ2v) is 6.11. The molecule has 1 heterocycles. The standard InChI is InChI=1S/C17H25N3O3/c1-12(2)18-17(22)20-10-4-5-13(11-20)16(21)19-14-6-8-15(23-3)9-7-14/h6-9,12-13H,4-5,10-11H2,1-3H3,(H,18,22)(H,19,21)/t13-/m1/s1. The molecular formula is C17H25N3O3. The minimum absolute atomic E-state index is 0.0442. The molecule has 1 aliphatic heterocycles. The normalized spacial score (nSPS) is 17.7. The lowest BCUT2D eigenvalue weighted by Crippen LogP contribution is -2.49. The molecule has 0 radical (unpaired) electrons. The van der Waals surface area contributed by atoms with Gasteiger partial charge in [0.25, 0.3) is 0 Å². The molecule has 1 atom stereocenters. The largest absolute Gasteiger partial charge is 0.497 e. The van der Waals surface area contributed by atoms with Gasteiger partial charge in [-0.1, -0.05) is 0 Å². The fourth-order valence-electron chi connectivity index (χ4n) is 2.63. The molecule has 2 rings (SSSR count). The van der Waals surface area contributed by atoms with Crippen LogP contribution >= 0.6 is 0 Å². The molecule has 1 aromatic carbocycles. The SMILES string of the molecule is COc1ccc(NC(=O)[C@@H]2CCCN(C(=O)NC(C)C)C2)cc1. The Kier molecular flexibility index (Phi) is 5.84. The first-order valence-corrected chi connectivity index (χ1v) is 8.00. The number of nitrogens with zero attached hydrogens (tertiary/aromatic N) is 1. The minimum atomic E-state index is -0.177. The molecule has 0 bridgehead atoms. The molecule has 0 aliphatic carbocycles. The van der Waals surface area contributed by atoms with Gasteiger partial charge in [-0.15, -0.1) is 0 Å². The predicted molar refractivity (Wildman–Crippen MR) is 89.6 cm³/mol. The summed E-state index contributed by atoms with van der Waals surface area (Å²) < 4.78 is 5.10. The van der Waals surface area contributed by atoms with E-state index in [4.69, 9.17) is 4.74 Å². The van der Waals surface area contributed by atoms with Crippen molar-refractivity contribution in [1.82, 2.24) is 10.2 Å². The second-order valence-electron chi connectivity index (χ2n) is 6.11. The van der Waals surface area contributed by atoms with Gasteiger partial charge in [0.2, 0.25) is 5.91 Å². The maximum absolute atomic E-state index is 12.4. The molecule has 0 spiro atoms. The smallest absolute Gasteiger partial charge is 0.317 e. The molecule has 6 heteroatoms. The maximum atomic E-state index is 12.4. The number of nitrogens with one attached hydrogen (secondary N) is 2. The van der Waals surface area contributed by atoms with E-state index in [9.17, 15) is 9.59 Å². The Labute approximate surface area is 137 Å². The highest BCUT2D eigenvalue weighted by molar-refractivity contribution is 5.93. The van der Waals surface area contributed by atoms with Gasteiger partial charge in [-0.3, -0.25) is 4.79 Å². The van der Waals surface area contributed by atoms with Crippen molar-refractivity contribution in [2.45, 2.75) is 32.7 Å². The Morgan fingerprint density at radius 1 is 1.26 bits per heavy atom. The van der Waals surface area contributed by atoms with Gasteiger partial charge in [-0.25, -0.2) is 4.79 Å². The third kappa shape index (κ3) is 4.87. The van der Waals surface area contributed by atoms with E-state index in [1.54, 1.807) is 24.1 Å². The first-order valence-electron chi connectivity index (χ1n) is 8.00. The van der Waals surface area contributed by atoms with Gasteiger partial charge >= 0.3 is 6.03 Å². The maximum Gasteiger partial charge on any atom is 0.317 e. The topological polar surface area (TPSA) is 70.7 Å². The molecule has 0 saturated carbocycles. The summed E-state index contributed by atoms with van der Waals surface area (Å²) in [5, 5.41) is 5.79. The number of amides is 3. The summed E-state index contributed by atoms with van der Waals surface area (Å²) in [5.74, 6) is 0.526. The molecule has 6 nitrogen and oxygen atoms in total. The van der Waals surface area contributed by atoms with E-state index in [0.29, 0.717) is 13.1 Å². The average molecular weight is 319 g/mol. The highest BCUT2D eigenvalue weighted by Gasteiger charge is 2.28. The fraction of sp³-hybridized carbons (Fsp3) is 0.529. The number of likely N-dealkylation sites (tertiary alicyclic amines) is 1. The third-order valence-electron chi connectivity index (χ3n) is 3.85. The zero-order valence-corrected chi connectivity index (χ0v) is 14.0. The van der Waals surface area contributed by atoms with E-state index in [-0.39, 0.29) is 23.9 Å². The van der Waals surface area contributed by atoms with E-state index in [1.165, 1.54) is 0 Å². The van der Waals surface area contributed by atoms with Crippen LogP contribution in [-0.4, -0.2) is 43.1 Å². The van der Waals surface area contributed by atoms with Crippen molar-refractivity contribution in [3.8, 4) is 5.75 Å². The summed E-state index contributed by atoms with van der Waals surface area (Å²) in [6, 6.07) is 7.22. The number of hydrogen-bond donors (Lipinski definition) is 2. The lowest BCUT2D eigenvalue weighted by molar-refractivity contribution is -0.121. The van der Waals surface area contributed by atoms with Gasteiger partial charge in [0.05, 0.1) is 13.0 Å². The molecule has 1 aromatic rings. The van der Waals surface area contributed by atoms with Gasteiger partial charge in [-0.05, 0) is 51.0 Å². The first kappa shape index (κ1) is 17.1. The molecule has 23 heavy (non-hydrogen) atoms. The van der Waals surface area contributed by atoms with Crippen LogP contribution in [0.1, 0.15) is 26.7 Å². The monoisotopic (exact) mass is 319 g/mol. The van der Waals surface area contributed by atoms with Crippen molar-refractivity contribution in [3.63, 3.8) is 0 Å². The number of ether oxygens (including phenoxy) is 1. The Balaban J connectivity index is 1.92. The van der Waals surface area contributed by atoms with Crippen LogP contribution in [0, 0.1) is 5.92 Å². The molecule has 1 fully saturated rings. The van der Waals surface area contributed by atoms with Gasteiger partial charge in [0, 0.05) is 24.8 Å². The summed E-state index contributed by atoms with van der Waals surface area (Å²) in [6.45, 7) is 5.01. The van der Waals surface area contributed by atoms with E-state index in [0.717, 1.165) is 24.3 Å². The Morgan fingerprint density at radius 3 is 2.57 bits per heavy atom. The Hall–Kier alpha value is -2.24. The minimum Gasteiger partial charge on any atom is -0.497 e. The Morgan fingerprint density at radius 2 is 1.96 bits per heavy atom. The van der Waals surface area contributed by atoms with Crippen LogP contribution < -0.4 is 15.4 Å². The van der Waals surface area contributed by atoms with Crippen molar-refractivity contribution >= 4 is 17.6 Å². The van der Waals surface area contributed by atoms with E-state index in [1.807, 2.05) is 26.0 Å². The van der Waals surface area contributed by atoms with Crippen LogP contribution in [0.25, 0.3) is 0 Å². The van der Waals surface area contributed by atoms with Crippen molar-refractivity contribution < 1.29 is 14.3 Å². The fourth-order valence-corrected chi connectivity index (χ4v) is 2.63. The summed E-state index contributed by atoms with van der Waals surface area (Å²) in [4.78, 5) is 26.2. The summed E-state index contributed by atoms with van der Waals surface area (Å²) >= 11 is 0. The number of urea groups is 1. The van der Waals surface area contributed by atoms with Gasteiger partial charge < -0.3 is 20.3 Å². The van der Waals surface area contributed by atoms with Gasteiger partial charge in [0.1, 0.15) is 5.75 Å². The first-order chi connectivity index (χ1) is 11.0. The quantitative estimate of drug-likeness (QED) is 0.895. The average Bonchev–Trinajstić information content (AvgIpc) is 2.55. The molecular weight excluding hydrogens is 294 g/mol. The predicted octanol–water partition coefficient (Wildman–Crippen LogP) is 2.46. The molecule has 3 amide bonds. The van der Waals surface area contributed by atoms with Crippen LogP contribution in [0.15, 0.2) is 24.3 Å². The van der Waals surface area contributed by atoms with E-state index in [2.05, 4.69) is 10.6 Å². The number of carbonyl (C=O) groups is 2. The van der Waals surface area contributed by atoms with Crippen LogP contribution in [0.5, 0.6) is 5.75 Å². The summed E-state index contributed by atoms with van der Waals surface area (Å²) in [6.07, 6.45) is 1.64. The van der Waals surface area contributed by atoms with Crippen molar-refractivity contribution in [2.75, 3.05) is 25.5 Å². The number of benzene rings is 1. The number of carbonyl (C=O) groups excluding carboxylic acids is 2. The van der Waals surface area contributed by atoms with Crippen molar-refractivity contribution in [2.24, 2.45) is 5.92 Å². The van der Waals surface area contributed by atoms with Crippen LogP contribution in [0.3, 0.4) is 0 Å². The van der Waals surface area contributed by atoms with Crippen LogP contribution in [-0.2, 0) is 4.79 Å². The van der Waals surface area contributed by atoms with Crippen LogP contribution in [0.2, 0.25) is 0 Å². The second kappa shape index (κ2) is 7.85. The molecule has 0 unspecified atom stereocenters. The Bertz CT molecular complexity index is 543. The van der Waals surface area contributed by atoms with Crippen LogP contribution in [0.4, 0.5) is 10.5 Å². The zero-order valence-electron chi connectivity index (χ0n) is 14.0. The molecule has 126 valence electrons. The molecule has 0 aromatic heterocycles. The van der Waals surface area contributed by atoms with Crippen molar-refractivity contribution in [3.05, 3.63) is 24.3 Å². The highest BCUT2D eigenvalue weighted by atomic mass is 16.5.